The summed E-state index contributed by atoms with van der Waals surface area (Å²) in [5.41, 5.74) is 2.72. The lowest BCUT2D eigenvalue weighted by Crippen LogP contribution is -2.25. The van der Waals surface area contributed by atoms with Crippen LogP contribution < -0.4 is 10.1 Å². The van der Waals surface area contributed by atoms with Crippen molar-refractivity contribution in [2.45, 2.75) is 32.2 Å². The van der Waals surface area contributed by atoms with Crippen LogP contribution in [0.25, 0.3) is 11.0 Å². The van der Waals surface area contributed by atoms with Gasteiger partial charge in [0, 0.05) is 36.9 Å². The normalized spacial score (nSPS) is 10.9. The van der Waals surface area contributed by atoms with Gasteiger partial charge in [0.1, 0.15) is 11.6 Å². The monoisotopic (exact) mass is 462 g/mol. The molecule has 0 bridgehead atoms. The number of carbonyl (C=O) groups is 1. The standard InChI is InChI=1S/C26H27ClN4O2/c27-21-11-13-22(14-12-21)33-18-4-3-17-31-24-9-2-1-8-23(24)30-25(31)10-6-16-29-26(32)20-7-5-15-28-19-20/h1-2,5,7-9,11-15,19H,3-4,6,10,16-18H2,(H,29,32). The molecule has 0 aliphatic heterocycles. The van der Waals surface area contributed by atoms with Gasteiger partial charge in [-0.15, -0.1) is 0 Å². The molecule has 0 unspecified atom stereocenters. The van der Waals surface area contributed by atoms with Crippen molar-refractivity contribution in [3.05, 3.63) is 89.5 Å². The summed E-state index contributed by atoms with van der Waals surface area (Å²) < 4.78 is 8.10. The number of aromatic nitrogens is 3. The molecule has 4 aromatic rings. The zero-order chi connectivity index (χ0) is 22.9. The minimum atomic E-state index is -0.0997. The molecular formula is C26H27ClN4O2. The van der Waals surface area contributed by atoms with E-state index in [-0.39, 0.29) is 5.91 Å². The lowest BCUT2D eigenvalue weighted by Gasteiger charge is -2.11. The van der Waals surface area contributed by atoms with E-state index in [4.69, 9.17) is 21.3 Å². The molecule has 4 rings (SSSR count). The van der Waals surface area contributed by atoms with Crippen molar-refractivity contribution in [2.75, 3.05) is 13.2 Å². The quantitative estimate of drug-likeness (QED) is 0.307. The van der Waals surface area contributed by atoms with Gasteiger partial charge in [-0.25, -0.2) is 4.98 Å². The third-order valence-corrected chi connectivity index (χ3v) is 5.63. The summed E-state index contributed by atoms with van der Waals surface area (Å²) in [6.45, 7) is 2.12. The highest BCUT2D eigenvalue weighted by molar-refractivity contribution is 6.30. The third kappa shape index (κ3) is 6.33. The van der Waals surface area contributed by atoms with E-state index in [9.17, 15) is 4.79 Å². The van der Waals surface area contributed by atoms with Crippen LogP contribution in [-0.2, 0) is 13.0 Å². The van der Waals surface area contributed by atoms with Crippen LogP contribution in [-0.4, -0.2) is 33.6 Å². The number of nitrogens with zero attached hydrogens (tertiary/aromatic N) is 3. The number of hydrogen-bond donors (Lipinski definition) is 1. The number of para-hydroxylation sites is 2. The summed E-state index contributed by atoms with van der Waals surface area (Å²) >= 11 is 5.92. The number of unbranched alkanes of at least 4 members (excludes halogenated alkanes) is 1. The van der Waals surface area contributed by atoms with Crippen LogP contribution in [0.3, 0.4) is 0 Å². The summed E-state index contributed by atoms with van der Waals surface area (Å²) in [5, 5.41) is 3.67. The van der Waals surface area contributed by atoms with E-state index in [2.05, 4.69) is 20.9 Å². The fraction of sp³-hybridized carbons (Fsp3) is 0.269. The van der Waals surface area contributed by atoms with E-state index in [1.165, 1.54) is 0 Å². The summed E-state index contributed by atoms with van der Waals surface area (Å²) in [5.74, 6) is 1.78. The zero-order valence-corrected chi connectivity index (χ0v) is 19.2. The number of ether oxygens (including phenoxy) is 1. The number of aryl methyl sites for hydroxylation is 2. The maximum atomic E-state index is 12.2. The molecular weight excluding hydrogens is 436 g/mol. The van der Waals surface area contributed by atoms with E-state index in [0.717, 1.165) is 54.8 Å². The van der Waals surface area contributed by atoms with Gasteiger partial charge in [0.25, 0.3) is 5.91 Å². The second-order valence-corrected chi connectivity index (χ2v) is 8.22. The Morgan fingerprint density at radius 3 is 2.67 bits per heavy atom. The predicted octanol–water partition coefficient (Wildman–Crippen LogP) is 5.31. The molecule has 2 aromatic heterocycles. The fourth-order valence-electron chi connectivity index (χ4n) is 3.71. The zero-order valence-electron chi connectivity index (χ0n) is 18.4. The van der Waals surface area contributed by atoms with Gasteiger partial charge < -0.3 is 14.6 Å². The van der Waals surface area contributed by atoms with Gasteiger partial charge in [0.2, 0.25) is 0 Å². The molecule has 0 atom stereocenters. The molecule has 170 valence electrons. The number of fused-ring (bicyclic) bond motifs is 1. The first-order valence-electron chi connectivity index (χ1n) is 11.2. The molecule has 0 fully saturated rings. The number of pyridine rings is 1. The highest BCUT2D eigenvalue weighted by Crippen LogP contribution is 2.19. The lowest BCUT2D eigenvalue weighted by atomic mass is 10.2. The highest BCUT2D eigenvalue weighted by atomic mass is 35.5. The summed E-state index contributed by atoms with van der Waals surface area (Å²) in [6, 6.07) is 19.2. The van der Waals surface area contributed by atoms with E-state index in [1.807, 2.05) is 42.5 Å². The number of benzene rings is 2. The summed E-state index contributed by atoms with van der Waals surface area (Å²) in [4.78, 5) is 21.0. The van der Waals surface area contributed by atoms with E-state index < -0.39 is 0 Å². The molecule has 2 heterocycles. The lowest BCUT2D eigenvalue weighted by molar-refractivity contribution is 0.0952. The minimum absolute atomic E-state index is 0.0997. The van der Waals surface area contributed by atoms with Gasteiger partial charge in [-0.3, -0.25) is 9.78 Å². The molecule has 1 amide bonds. The van der Waals surface area contributed by atoms with Crippen molar-refractivity contribution in [3.63, 3.8) is 0 Å². The average Bonchev–Trinajstić information content (AvgIpc) is 3.20. The largest absolute Gasteiger partial charge is 0.494 e. The molecule has 33 heavy (non-hydrogen) atoms. The Kier molecular flexibility index (Phi) is 7.93. The second kappa shape index (κ2) is 11.5. The molecule has 0 spiro atoms. The van der Waals surface area contributed by atoms with Crippen molar-refractivity contribution in [2.24, 2.45) is 0 Å². The van der Waals surface area contributed by atoms with E-state index in [0.29, 0.717) is 23.7 Å². The molecule has 0 radical (unpaired) electrons. The first-order valence-corrected chi connectivity index (χ1v) is 11.6. The smallest absolute Gasteiger partial charge is 0.252 e. The molecule has 0 saturated heterocycles. The fourth-order valence-corrected chi connectivity index (χ4v) is 3.83. The molecule has 0 saturated carbocycles. The molecule has 7 heteroatoms. The topological polar surface area (TPSA) is 69.0 Å². The van der Waals surface area contributed by atoms with Crippen molar-refractivity contribution in [1.82, 2.24) is 19.9 Å². The highest BCUT2D eigenvalue weighted by Gasteiger charge is 2.11. The molecule has 2 aromatic carbocycles. The van der Waals surface area contributed by atoms with Crippen LogP contribution >= 0.6 is 11.6 Å². The SMILES string of the molecule is O=C(NCCCc1nc2ccccc2n1CCCCOc1ccc(Cl)cc1)c1cccnc1. The Morgan fingerprint density at radius 1 is 1.00 bits per heavy atom. The van der Waals surface area contributed by atoms with Crippen molar-refractivity contribution < 1.29 is 9.53 Å². The van der Waals surface area contributed by atoms with Crippen LogP contribution in [0, 0.1) is 0 Å². The Hall–Kier alpha value is -3.38. The van der Waals surface area contributed by atoms with Crippen molar-refractivity contribution in [3.8, 4) is 5.75 Å². The number of imidazole rings is 1. The van der Waals surface area contributed by atoms with E-state index in [1.54, 1.807) is 24.5 Å². The number of nitrogens with one attached hydrogen (secondary N) is 1. The third-order valence-electron chi connectivity index (χ3n) is 5.38. The first-order chi connectivity index (χ1) is 16.2. The van der Waals surface area contributed by atoms with Crippen LogP contribution in [0.2, 0.25) is 5.02 Å². The Labute approximate surface area is 198 Å². The molecule has 0 aliphatic carbocycles. The summed E-state index contributed by atoms with van der Waals surface area (Å²) in [7, 11) is 0. The minimum Gasteiger partial charge on any atom is -0.494 e. The number of amides is 1. The van der Waals surface area contributed by atoms with Crippen LogP contribution in [0.15, 0.2) is 73.1 Å². The predicted molar refractivity (Wildman–Crippen MR) is 131 cm³/mol. The maximum Gasteiger partial charge on any atom is 0.252 e. The number of halogens is 1. The van der Waals surface area contributed by atoms with E-state index >= 15 is 0 Å². The van der Waals surface area contributed by atoms with Crippen LogP contribution in [0.1, 0.15) is 35.4 Å². The molecule has 0 aliphatic rings. The number of rotatable bonds is 11. The maximum absolute atomic E-state index is 12.2. The van der Waals surface area contributed by atoms with Gasteiger partial charge in [-0.2, -0.15) is 0 Å². The Morgan fingerprint density at radius 2 is 1.85 bits per heavy atom. The Bertz CT molecular complexity index is 1180. The average molecular weight is 463 g/mol. The second-order valence-electron chi connectivity index (χ2n) is 7.78. The number of carbonyl (C=O) groups excluding carboxylic acids is 1. The van der Waals surface area contributed by atoms with Gasteiger partial charge in [-0.1, -0.05) is 23.7 Å². The van der Waals surface area contributed by atoms with Crippen molar-refractivity contribution in [1.29, 1.82) is 0 Å². The number of hydrogen-bond acceptors (Lipinski definition) is 4. The van der Waals surface area contributed by atoms with Gasteiger partial charge in [0.05, 0.1) is 23.2 Å². The summed E-state index contributed by atoms with van der Waals surface area (Å²) in [6.07, 6.45) is 6.77. The van der Waals surface area contributed by atoms with Gasteiger partial charge in [-0.05, 0) is 67.8 Å². The van der Waals surface area contributed by atoms with Crippen molar-refractivity contribution >= 4 is 28.5 Å². The Balaban J connectivity index is 1.28. The van der Waals surface area contributed by atoms with Gasteiger partial charge >= 0.3 is 0 Å². The molecule has 1 N–H and O–H groups in total. The van der Waals surface area contributed by atoms with Crippen LogP contribution in [0.5, 0.6) is 5.75 Å². The van der Waals surface area contributed by atoms with Gasteiger partial charge in [0.15, 0.2) is 0 Å². The first kappa shape index (κ1) is 22.8. The van der Waals surface area contributed by atoms with Crippen LogP contribution in [0.4, 0.5) is 0 Å². The molecule has 6 nitrogen and oxygen atoms in total.